The molecule has 1 aromatic rings. The lowest BCUT2D eigenvalue weighted by molar-refractivity contribution is -0.120. The predicted octanol–water partition coefficient (Wildman–Crippen LogP) is 2.05. The Morgan fingerprint density at radius 3 is 2.50 bits per heavy atom. The molecule has 0 spiro atoms. The van der Waals surface area contributed by atoms with Gasteiger partial charge in [0.2, 0.25) is 5.91 Å². The van der Waals surface area contributed by atoms with Crippen LogP contribution in [0.3, 0.4) is 0 Å². The maximum atomic E-state index is 11.8. The molecule has 0 radical (unpaired) electrons. The van der Waals surface area contributed by atoms with Gasteiger partial charge in [-0.1, -0.05) is 25.7 Å². The number of aromatic nitrogens is 1. The summed E-state index contributed by atoms with van der Waals surface area (Å²) in [5.74, 6) is 0.0823. The molecule has 0 aliphatic heterocycles. The van der Waals surface area contributed by atoms with Gasteiger partial charge in [-0.05, 0) is 30.5 Å². The van der Waals surface area contributed by atoms with Crippen molar-refractivity contribution in [2.75, 3.05) is 13.1 Å². The molecule has 1 aliphatic carbocycles. The fourth-order valence-electron chi connectivity index (χ4n) is 2.71. The minimum atomic E-state index is 0.0823. The van der Waals surface area contributed by atoms with Gasteiger partial charge in [0.1, 0.15) is 0 Å². The van der Waals surface area contributed by atoms with Gasteiger partial charge in [0.05, 0.1) is 6.42 Å². The fourth-order valence-corrected chi connectivity index (χ4v) is 2.71. The van der Waals surface area contributed by atoms with Crippen molar-refractivity contribution in [2.45, 2.75) is 51.0 Å². The molecule has 4 heteroatoms. The topological polar surface area (TPSA) is 54.0 Å². The van der Waals surface area contributed by atoms with E-state index in [9.17, 15) is 4.79 Å². The van der Waals surface area contributed by atoms with E-state index in [1.807, 2.05) is 12.1 Å². The van der Waals surface area contributed by atoms with E-state index in [0.29, 0.717) is 19.0 Å². The lowest BCUT2D eigenvalue weighted by Gasteiger charge is -2.16. The lowest BCUT2D eigenvalue weighted by Crippen LogP contribution is -2.37. The zero-order valence-electron chi connectivity index (χ0n) is 12.1. The first-order chi connectivity index (χ1) is 9.84. The lowest BCUT2D eigenvalue weighted by atomic mass is 10.1. The van der Waals surface area contributed by atoms with E-state index < -0.39 is 0 Å². The molecule has 4 nitrogen and oxygen atoms in total. The van der Waals surface area contributed by atoms with Gasteiger partial charge < -0.3 is 10.6 Å². The van der Waals surface area contributed by atoms with Crippen molar-refractivity contribution in [1.82, 2.24) is 15.6 Å². The van der Waals surface area contributed by atoms with Gasteiger partial charge in [-0.2, -0.15) is 0 Å². The van der Waals surface area contributed by atoms with Gasteiger partial charge >= 0.3 is 0 Å². The molecule has 20 heavy (non-hydrogen) atoms. The van der Waals surface area contributed by atoms with Crippen molar-refractivity contribution >= 4 is 5.91 Å². The summed E-state index contributed by atoms with van der Waals surface area (Å²) < 4.78 is 0. The average molecular weight is 275 g/mol. The van der Waals surface area contributed by atoms with E-state index in [1.54, 1.807) is 12.4 Å². The normalized spacial score (nSPS) is 16.6. The molecule has 0 bridgehead atoms. The Hall–Kier alpha value is -1.42. The van der Waals surface area contributed by atoms with Crippen LogP contribution < -0.4 is 10.6 Å². The van der Waals surface area contributed by atoms with Gasteiger partial charge in [0.25, 0.3) is 0 Å². The van der Waals surface area contributed by atoms with Gasteiger partial charge in [0, 0.05) is 31.5 Å². The van der Waals surface area contributed by atoms with E-state index in [-0.39, 0.29) is 5.91 Å². The Labute approximate surface area is 121 Å². The molecule has 110 valence electrons. The Morgan fingerprint density at radius 1 is 1.10 bits per heavy atom. The maximum Gasteiger partial charge on any atom is 0.224 e. The van der Waals surface area contributed by atoms with Crippen LogP contribution in [0.5, 0.6) is 0 Å². The third-order valence-electron chi connectivity index (χ3n) is 3.85. The number of amides is 1. The van der Waals surface area contributed by atoms with Crippen molar-refractivity contribution in [3.05, 3.63) is 30.1 Å². The van der Waals surface area contributed by atoms with Crippen molar-refractivity contribution in [3.8, 4) is 0 Å². The molecule has 1 heterocycles. The van der Waals surface area contributed by atoms with Crippen molar-refractivity contribution in [3.63, 3.8) is 0 Å². The summed E-state index contributed by atoms with van der Waals surface area (Å²) in [6, 6.07) is 4.40. The number of carbonyl (C=O) groups excluding carboxylic acids is 1. The quantitative estimate of drug-likeness (QED) is 0.617. The first kappa shape index (κ1) is 15.0. The minimum absolute atomic E-state index is 0.0823. The van der Waals surface area contributed by atoms with Crippen LogP contribution in [-0.2, 0) is 11.2 Å². The van der Waals surface area contributed by atoms with Gasteiger partial charge in [-0.3, -0.25) is 9.78 Å². The largest absolute Gasteiger partial charge is 0.355 e. The number of rotatable bonds is 6. The van der Waals surface area contributed by atoms with Crippen LogP contribution in [0.2, 0.25) is 0 Å². The number of hydrogen-bond donors (Lipinski definition) is 2. The van der Waals surface area contributed by atoms with Crippen molar-refractivity contribution < 1.29 is 4.79 Å². The SMILES string of the molecule is O=C(Cc1ccncc1)NCCNC1CCCCCC1. The number of nitrogens with zero attached hydrogens (tertiary/aromatic N) is 1. The molecular formula is C16H25N3O. The number of carbonyl (C=O) groups is 1. The summed E-state index contributed by atoms with van der Waals surface area (Å²) in [5.41, 5.74) is 1.01. The fraction of sp³-hybridized carbons (Fsp3) is 0.625. The first-order valence-corrected chi connectivity index (χ1v) is 7.73. The molecule has 1 amide bonds. The van der Waals surface area contributed by atoms with Crippen molar-refractivity contribution in [2.24, 2.45) is 0 Å². The highest BCUT2D eigenvalue weighted by Gasteiger charge is 2.11. The first-order valence-electron chi connectivity index (χ1n) is 7.73. The predicted molar refractivity (Wildman–Crippen MR) is 80.4 cm³/mol. The third-order valence-corrected chi connectivity index (χ3v) is 3.85. The van der Waals surface area contributed by atoms with Crippen LogP contribution in [0.15, 0.2) is 24.5 Å². The highest BCUT2D eigenvalue weighted by atomic mass is 16.1. The molecule has 2 N–H and O–H groups in total. The van der Waals surface area contributed by atoms with E-state index in [1.165, 1.54) is 38.5 Å². The number of pyridine rings is 1. The van der Waals surface area contributed by atoms with Crippen LogP contribution in [0.1, 0.15) is 44.1 Å². The highest BCUT2D eigenvalue weighted by Crippen LogP contribution is 2.16. The van der Waals surface area contributed by atoms with Crippen LogP contribution in [0.4, 0.5) is 0 Å². The van der Waals surface area contributed by atoms with Crippen LogP contribution in [0.25, 0.3) is 0 Å². The van der Waals surface area contributed by atoms with Crippen LogP contribution >= 0.6 is 0 Å². The van der Waals surface area contributed by atoms with E-state index >= 15 is 0 Å². The average Bonchev–Trinajstić information content (AvgIpc) is 2.73. The third kappa shape index (κ3) is 5.70. The molecule has 0 aromatic carbocycles. The molecule has 1 aromatic heterocycles. The number of hydrogen-bond acceptors (Lipinski definition) is 3. The summed E-state index contributed by atoms with van der Waals surface area (Å²) >= 11 is 0. The molecule has 1 fully saturated rings. The van der Waals surface area contributed by atoms with E-state index in [0.717, 1.165) is 12.1 Å². The number of nitrogens with one attached hydrogen (secondary N) is 2. The van der Waals surface area contributed by atoms with E-state index in [2.05, 4.69) is 15.6 Å². The zero-order valence-corrected chi connectivity index (χ0v) is 12.1. The molecule has 2 rings (SSSR count). The standard InChI is InChI=1S/C16H25N3O/c20-16(13-14-7-9-17-10-8-14)19-12-11-18-15-5-3-1-2-4-6-15/h7-10,15,18H,1-6,11-13H2,(H,19,20). The summed E-state index contributed by atoms with van der Waals surface area (Å²) in [6.07, 6.45) is 11.9. The van der Waals surface area contributed by atoms with Crippen molar-refractivity contribution in [1.29, 1.82) is 0 Å². The molecule has 1 saturated carbocycles. The smallest absolute Gasteiger partial charge is 0.224 e. The van der Waals surface area contributed by atoms with E-state index in [4.69, 9.17) is 0 Å². The minimum Gasteiger partial charge on any atom is -0.355 e. The summed E-state index contributed by atoms with van der Waals surface area (Å²) in [7, 11) is 0. The second kappa shape index (κ2) is 8.69. The maximum absolute atomic E-state index is 11.8. The second-order valence-corrected chi connectivity index (χ2v) is 5.52. The summed E-state index contributed by atoms with van der Waals surface area (Å²) in [4.78, 5) is 15.7. The molecular weight excluding hydrogens is 250 g/mol. The zero-order chi connectivity index (χ0) is 14.0. The Balaban J connectivity index is 1.57. The Bertz CT molecular complexity index is 386. The molecule has 0 atom stereocenters. The summed E-state index contributed by atoms with van der Waals surface area (Å²) in [6.45, 7) is 1.58. The van der Waals surface area contributed by atoms with Gasteiger partial charge in [-0.25, -0.2) is 0 Å². The molecule has 0 saturated heterocycles. The second-order valence-electron chi connectivity index (χ2n) is 5.52. The highest BCUT2D eigenvalue weighted by molar-refractivity contribution is 5.78. The Morgan fingerprint density at radius 2 is 1.80 bits per heavy atom. The summed E-state index contributed by atoms with van der Waals surface area (Å²) in [5, 5.41) is 6.52. The van der Waals surface area contributed by atoms with Gasteiger partial charge in [-0.15, -0.1) is 0 Å². The monoisotopic (exact) mass is 275 g/mol. The van der Waals surface area contributed by atoms with Crippen LogP contribution in [0, 0.1) is 0 Å². The molecule has 0 unspecified atom stereocenters. The van der Waals surface area contributed by atoms with Crippen LogP contribution in [-0.4, -0.2) is 30.0 Å². The Kier molecular flexibility index (Phi) is 6.51. The van der Waals surface area contributed by atoms with Gasteiger partial charge in [0.15, 0.2) is 0 Å². The molecule has 1 aliphatic rings.